The van der Waals surface area contributed by atoms with Gasteiger partial charge in [0.1, 0.15) is 0 Å². The van der Waals surface area contributed by atoms with Crippen molar-refractivity contribution < 1.29 is 19.2 Å². The van der Waals surface area contributed by atoms with Crippen LogP contribution < -0.4 is 0 Å². The molecule has 148 valence electrons. The predicted molar refractivity (Wildman–Crippen MR) is 113 cm³/mol. The molecule has 0 unspecified atom stereocenters. The van der Waals surface area contributed by atoms with Gasteiger partial charge >= 0.3 is 0 Å². The van der Waals surface area contributed by atoms with E-state index in [1.54, 1.807) is 60.9 Å². The van der Waals surface area contributed by atoms with Crippen molar-refractivity contribution in [3.05, 3.63) is 101 Å². The van der Waals surface area contributed by atoms with Crippen LogP contribution in [0.1, 0.15) is 41.4 Å². The summed E-state index contributed by atoms with van der Waals surface area (Å²) in [6.45, 7) is 0. The minimum atomic E-state index is -0.454. The molecule has 0 radical (unpaired) electrons. The summed E-state index contributed by atoms with van der Waals surface area (Å²) in [6.07, 6.45) is 3.50. The van der Waals surface area contributed by atoms with E-state index in [9.17, 15) is 19.2 Å². The Hall–Kier alpha value is -3.43. The Morgan fingerprint density at radius 2 is 0.833 bits per heavy atom. The van der Waals surface area contributed by atoms with E-state index < -0.39 is 23.6 Å². The van der Waals surface area contributed by atoms with Crippen molar-refractivity contribution in [2.75, 3.05) is 0 Å². The molecule has 0 N–H and O–H groups in total. The maximum Gasteiger partial charge on any atom is 0.272 e. The SMILES string of the molecule is O=C1c2ccccc2C(=O)N1SSN1C(=O)c2ccccc2C1=O.c1ccncc1. The standard InChI is InChI=1S/C16H8N2O4S2.C5H5N/c19-13-9-5-1-2-6-10(9)14(20)17(13)23-24-18-15(21)11-7-3-4-8-12(11)16(18)22;1-2-4-6-5-3-1/h1-8H;1-5H. The van der Waals surface area contributed by atoms with E-state index in [4.69, 9.17) is 0 Å². The number of carbonyl (C=O) groups is 4. The van der Waals surface area contributed by atoms with Gasteiger partial charge in [-0.05, 0) is 36.4 Å². The number of aromatic nitrogens is 1. The molecular weight excluding hydrogens is 422 g/mol. The van der Waals surface area contributed by atoms with E-state index in [2.05, 4.69) is 4.98 Å². The molecule has 0 saturated heterocycles. The largest absolute Gasteiger partial charge is 0.272 e. The minimum absolute atomic E-state index is 0.318. The lowest BCUT2D eigenvalue weighted by Gasteiger charge is -2.15. The summed E-state index contributed by atoms with van der Waals surface area (Å²) >= 11 is 0. The molecule has 3 aromatic rings. The van der Waals surface area contributed by atoms with Crippen LogP contribution in [0.4, 0.5) is 0 Å². The van der Waals surface area contributed by atoms with Crippen molar-refractivity contribution in [3.8, 4) is 0 Å². The third kappa shape index (κ3) is 3.60. The van der Waals surface area contributed by atoms with Crippen LogP contribution in [-0.2, 0) is 0 Å². The Bertz CT molecular complexity index is 982. The molecule has 2 aliphatic heterocycles. The Labute approximate surface area is 179 Å². The van der Waals surface area contributed by atoms with Crippen LogP contribution in [0, 0.1) is 0 Å². The van der Waals surface area contributed by atoms with Gasteiger partial charge < -0.3 is 0 Å². The van der Waals surface area contributed by atoms with Crippen LogP contribution in [0.5, 0.6) is 0 Å². The molecular formula is C21H13N3O4S2. The van der Waals surface area contributed by atoms with Gasteiger partial charge in [0.15, 0.2) is 0 Å². The van der Waals surface area contributed by atoms with Crippen molar-refractivity contribution in [2.24, 2.45) is 0 Å². The molecule has 0 aliphatic carbocycles. The molecule has 0 bridgehead atoms. The van der Waals surface area contributed by atoms with E-state index in [1.165, 1.54) is 0 Å². The number of imide groups is 2. The Morgan fingerprint density at radius 1 is 0.500 bits per heavy atom. The summed E-state index contributed by atoms with van der Waals surface area (Å²) in [5.41, 5.74) is 1.27. The van der Waals surface area contributed by atoms with Crippen molar-refractivity contribution in [1.29, 1.82) is 0 Å². The highest BCUT2D eigenvalue weighted by Crippen LogP contribution is 2.40. The fourth-order valence-corrected chi connectivity index (χ4v) is 4.86. The third-order valence-electron chi connectivity index (χ3n) is 4.26. The first-order valence-corrected chi connectivity index (χ1v) is 10.8. The zero-order valence-electron chi connectivity index (χ0n) is 15.3. The molecule has 4 amide bonds. The number of pyridine rings is 1. The van der Waals surface area contributed by atoms with E-state index in [-0.39, 0.29) is 0 Å². The van der Waals surface area contributed by atoms with Crippen molar-refractivity contribution >= 4 is 45.6 Å². The zero-order valence-corrected chi connectivity index (χ0v) is 16.9. The first-order valence-electron chi connectivity index (χ1n) is 8.75. The molecule has 0 atom stereocenters. The molecule has 1 aromatic heterocycles. The summed E-state index contributed by atoms with van der Waals surface area (Å²) in [5.74, 6) is -1.82. The van der Waals surface area contributed by atoms with Crippen molar-refractivity contribution in [1.82, 2.24) is 13.6 Å². The molecule has 9 heteroatoms. The fraction of sp³-hybridized carbons (Fsp3) is 0. The molecule has 0 fully saturated rings. The number of nitrogens with zero attached hydrogens (tertiary/aromatic N) is 3. The Balaban J connectivity index is 0.000000313. The van der Waals surface area contributed by atoms with Gasteiger partial charge in [-0.1, -0.05) is 30.3 Å². The monoisotopic (exact) mass is 435 g/mol. The molecule has 5 rings (SSSR count). The molecule has 7 nitrogen and oxygen atoms in total. The number of fused-ring (bicyclic) bond motifs is 2. The number of carbonyl (C=O) groups excluding carboxylic acids is 4. The van der Waals surface area contributed by atoms with Gasteiger partial charge in [0.05, 0.1) is 44.2 Å². The lowest BCUT2D eigenvalue weighted by molar-refractivity contribution is 0.0757. The highest BCUT2D eigenvalue weighted by atomic mass is 33.1. The lowest BCUT2D eigenvalue weighted by atomic mass is 10.1. The number of benzene rings is 2. The summed E-state index contributed by atoms with van der Waals surface area (Å²) in [4.78, 5) is 52.9. The summed E-state index contributed by atoms with van der Waals surface area (Å²) in [5, 5.41) is 0. The van der Waals surface area contributed by atoms with Crippen LogP contribution in [0.2, 0.25) is 0 Å². The smallest absolute Gasteiger partial charge is 0.268 e. The number of amides is 4. The molecule has 3 heterocycles. The normalized spacial score (nSPS) is 14.4. The van der Waals surface area contributed by atoms with Gasteiger partial charge in [0.25, 0.3) is 23.6 Å². The summed E-state index contributed by atoms with van der Waals surface area (Å²) < 4.78 is 1.91. The maximum atomic E-state index is 12.3. The maximum absolute atomic E-state index is 12.3. The highest BCUT2D eigenvalue weighted by molar-refractivity contribution is 8.75. The topological polar surface area (TPSA) is 87.7 Å². The first-order chi connectivity index (χ1) is 14.6. The Morgan fingerprint density at radius 3 is 1.07 bits per heavy atom. The minimum Gasteiger partial charge on any atom is -0.268 e. The average Bonchev–Trinajstić information content (AvgIpc) is 3.19. The number of hydrogen-bond acceptors (Lipinski definition) is 7. The molecule has 2 aliphatic rings. The number of rotatable bonds is 3. The second kappa shape index (κ2) is 8.52. The van der Waals surface area contributed by atoms with Crippen LogP contribution in [-0.4, -0.2) is 37.2 Å². The first kappa shape index (κ1) is 19.9. The van der Waals surface area contributed by atoms with Gasteiger partial charge in [0, 0.05) is 12.4 Å². The summed E-state index contributed by atoms with van der Waals surface area (Å²) in [6, 6.07) is 18.7. The van der Waals surface area contributed by atoms with E-state index in [0.717, 1.165) is 30.6 Å². The van der Waals surface area contributed by atoms with Crippen LogP contribution >= 0.6 is 22.0 Å². The molecule has 30 heavy (non-hydrogen) atoms. The van der Waals surface area contributed by atoms with E-state index >= 15 is 0 Å². The lowest BCUT2D eigenvalue weighted by Crippen LogP contribution is -2.25. The predicted octanol–water partition coefficient (Wildman–Crippen LogP) is 3.87. The van der Waals surface area contributed by atoms with Crippen LogP contribution in [0.15, 0.2) is 79.1 Å². The second-order valence-corrected chi connectivity index (χ2v) is 8.00. The van der Waals surface area contributed by atoms with Crippen LogP contribution in [0.3, 0.4) is 0 Å². The molecule has 2 aromatic carbocycles. The van der Waals surface area contributed by atoms with Crippen molar-refractivity contribution in [3.63, 3.8) is 0 Å². The third-order valence-corrected chi connectivity index (χ3v) is 6.39. The average molecular weight is 435 g/mol. The summed E-state index contributed by atoms with van der Waals surface area (Å²) in [7, 11) is 1.53. The number of hydrogen-bond donors (Lipinski definition) is 0. The van der Waals surface area contributed by atoms with E-state index in [1.807, 2.05) is 18.2 Å². The second-order valence-electron chi connectivity index (χ2n) is 6.07. The van der Waals surface area contributed by atoms with Gasteiger partial charge in [-0.15, -0.1) is 0 Å². The molecule has 0 spiro atoms. The van der Waals surface area contributed by atoms with Gasteiger partial charge in [0.2, 0.25) is 0 Å². The quantitative estimate of drug-likeness (QED) is 0.351. The van der Waals surface area contributed by atoms with Crippen molar-refractivity contribution in [2.45, 2.75) is 0 Å². The fourth-order valence-electron chi connectivity index (χ4n) is 2.85. The van der Waals surface area contributed by atoms with Gasteiger partial charge in [-0.2, -0.15) is 0 Å². The Kier molecular flexibility index (Phi) is 5.64. The van der Waals surface area contributed by atoms with Crippen LogP contribution in [0.25, 0.3) is 0 Å². The van der Waals surface area contributed by atoms with E-state index in [0.29, 0.717) is 22.3 Å². The highest BCUT2D eigenvalue weighted by Gasteiger charge is 2.40. The van der Waals surface area contributed by atoms with Gasteiger partial charge in [-0.25, -0.2) is 8.61 Å². The molecule has 0 saturated carbocycles. The zero-order chi connectivity index (χ0) is 21.1. The van der Waals surface area contributed by atoms with Gasteiger partial charge in [-0.3, -0.25) is 24.2 Å².